The van der Waals surface area contributed by atoms with Gasteiger partial charge in [-0.25, -0.2) is 0 Å². The first-order chi connectivity index (χ1) is 19.2. The Morgan fingerprint density at radius 2 is 1.19 bits per heavy atom. The molecule has 0 N–H and O–H groups in total. The van der Waals surface area contributed by atoms with E-state index in [1.54, 1.807) is 6.07 Å². The molecule has 1 nitrogen and oxygen atoms in total. The molecule has 0 saturated heterocycles. The molecule has 0 aliphatic heterocycles. The van der Waals surface area contributed by atoms with E-state index in [4.69, 9.17) is 7.16 Å². The Morgan fingerprint density at radius 1 is 0.486 bits per heavy atom. The van der Waals surface area contributed by atoms with Crippen LogP contribution in [0.3, 0.4) is 0 Å². The molecule has 0 radical (unpaired) electrons. The number of benzene rings is 7. The second-order valence-electron chi connectivity index (χ2n) is 9.52. The van der Waals surface area contributed by atoms with Crippen molar-refractivity contribution in [2.24, 2.45) is 0 Å². The van der Waals surface area contributed by atoms with Crippen molar-refractivity contribution in [3.8, 4) is 22.3 Å². The van der Waals surface area contributed by atoms with Gasteiger partial charge in [-0.15, -0.1) is 0 Å². The average molecular weight is 473 g/mol. The van der Waals surface area contributed by atoms with Gasteiger partial charge >= 0.3 is 0 Å². The molecule has 8 aromatic rings. The third-order valence-electron chi connectivity index (χ3n) is 7.50. The summed E-state index contributed by atoms with van der Waals surface area (Å²) in [5.74, 6) is 0. The Morgan fingerprint density at radius 3 is 1.97 bits per heavy atom. The lowest BCUT2D eigenvalue weighted by molar-refractivity contribution is 0.669. The van der Waals surface area contributed by atoms with E-state index >= 15 is 0 Å². The molecule has 0 unspecified atom stereocenters. The van der Waals surface area contributed by atoms with E-state index in [0.29, 0.717) is 17.7 Å². The maximum Gasteiger partial charge on any atom is 0.136 e. The fourth-order valence-corrected chi connectivity index (χ4v) is 5.93. The molecule has 7 aromatic carbocycles. The first-order valence-electron chi connectivity index (χ1n) is 13.5. The smallest absolute Gasteiger partial charge is 0.136 e. The topological polar surface area (TPSA) is 13.1 Å². The van der Waals surface area contributed by atoms with Crippen LogP contribution in [0.4, 0.5) is 0 Å². The molecule has 8 rings (SSSR count). The van der Waals surface area contributed by atoms with Crippen LogP contribution in [-0.4, -0.2) is 0 Å². The molecule has 0 spiro atoms. The van der Waals surface area contributed by atoms with Gasteiger partial charge in [0.15, 0.2) is 0 Å². The van der Waals surface area contributed by atoms with Gasteiger partial charge in [-0.1, -0.05) is 115 Å². The molecule has 1 heteroatoms. The summed E-state index contributed by atoms with van der Waals surface area (Å²) in [4.78, 5) is 0. The molecule has 0 bridgehead atoms. The zero-order valence-corrected chi connectivity index (χ0v) is 20.0. The van der Waals surface area contributed by atoms with Crippen molar-refractivity contribution in [2.75, 3.05) is 0 Å². The summed E-state index contributed by atoms with van der Waals surface area (Å²) >= 11 is 0. The quantitative estimate of drug-likeness (QED) is 0.228. The number of para-hydroxylation sites is 1. The van der Waals surface area contributed by atoms with Crippen molar-refractivity contribution in [2.45, 2.75) is 0 Å². The first-order valence-corrected chi connectivity index (χ1v) is 12.5. The maximum atomic E-state index is 8.42. The van der Waals surface area contributed by atoms with Crippen LogP contribution in [-0.2, 0) is 0 Å². The van der Waals surface area contributed by atoms with Crippen LogP contribution >= 0.6 is 0 Å². The SMILES string of the molecule is [2H]c1ccc2cc(-c3c4ccccc4c(-c4cccc5oc6c([2H])cccc6c45)c4ccccc34)ccc2c1. The van der Waals surface area contributed by atoms with Crippen LogP contribution in [0, 0.1) is 0 Å². The van der Waals surface area contributed by atoms with E-state index in [1.807, 2.05) is 36.4 Å². The Labute approximate surface area is 217 Å². The Balaban J connectivity index is 1.53. The minimum atomic E-state index is 0.397. The fourth-order valence-electron chi connectivity index (χ4n) is 5.93. The third-order valence-corrected chi connectivity index (χ3v) is 7.50. The summed E-state index contributed by atoms with van der Waals surface area (Å²) in [5, 5.41) is 8.94. The lowest BCUT2D eigenvalue weighted by Gasteiger charge is -2.18. The van der Waals surface area contributed by atoms with Crippen molar-refractivity contribution in [3.05, 3.63) is 133 Å². The molecule has 0 aliphatic carbocycles. The second kappa shape index (κ2) is 7.81. The molecule has 1 aromatic heterocycles. The highest BCUT2D eigenvalue weighted by atomic mass is 16.3. The van der Waals surface area contributed by atoms with Gasteiger partial charge in [-0.05, 0) is 72.7 Å². The predicted octanol–water partition coefficient (Wildman–Crippen LogP) is 10.4. The van der Waals surface area contributed by atoms with Gasteiger partial charge in [0.25, 0.3) is 0 Å². The van der Waals surface area contributed by atoms with E-state index in [2.05, 4.69) is 78.9 Å². The van der Waals surface area contributed by atoms with Gasteiger partial charge in [0.1, 0.15) is 11.2 Å². The standard InChI is InChI=1S/C36H22O/c1-2-11-24-22-25(21-20-23(24)10-1)34-26-12-3-5-14-28(26)35(29-15-6-4-13-27(29)34)31-17-9-19-33-36(31)30-16-7-8-18-32(30)37-33/h1-22H/i1D,18D. The minimum absolute atomic E-state index is 0.397. The van der Waals surface area contributed by atoms with Crippen LogP contribution in [0.1, 0.15) is 2.74 Å². The second-order valence-corrected chi connectivity index (χ2v) is 9.52. The van der Waals surface area contributed by atoms with Gasteiger partial charge < -0.3 is 4.42 Å². The van der Waals surface area contributed by atoms with Crippen LogP contribution in [0.5, 0.6) is 0 Å². The summed E-state index contributed by atoms with van der Waals surface area (Å²) in [6, 6.07) is 42.5. The summed E-state index contributed by atoms with van der Waals surface area (Å²) in [5.41, 5.74) is 6.06. The molecule has 37 heavy (non-hydrogen) atoms. The highest BCUT2D eigenvalue weighted by Gasteiger charge is 2.20. The van der Waals surface area contributed by atoms with Gasteiger partial charge in [-0.2, -0.15) is 0 Å². The van der Waals surface area contributed by atoms with Crippen LogP contribution < -0.4 is 0 Å². The maximum absolute atomic E-state index is 8.42. The van der Waals surface area contributed by atoms with Crippen molar-refractivity contribution >= 4 is 54.3 Å². The molecular weight excluding hydrogens is 448 g/mol. The molecule has 0 amide bonds. The first kappa shape index (κ1) is 18.4. The fraction of sp³-hybridized carbons (Fsp3) is 0. The monoisotopic (exact) mass is 472 g/mol. The number of fused-ring (bicyclic) bond motifs is 6. The number of hydrogen-bond acceptors (Lipinski definition) is 1. The number of rotatable bonds is 2. The van der Waals surface area contributed by atoms with Crippen molar-refractivity contribution in [1.82, 2.24) is 0 Å². The molecule has 0 fully saturated rings. The Bertz CT molecular complexity index is 2200. The average Bonchev–Trinajstić information content (AvgIpc) is 3.36. The van der Waals surface area contributed by atoms with Crippen molar-refractivity contribution in [3.63, 3.8) is 0 Å². The lowest BCUT2D eigenvalue weighted by atomic mass is 9.84. The normalized spacial score (nSPS) is 12.5. The molecule has 0 atom stereocenters. The van der Waals surface area contributed by atoms with Crippen LogP contribution in [0.25, 0.3) is 76.5 Å². The highest BCUT2D eigenvalue weighted by Crippen LogP contribution is 2.46. The molecule has 1 heterocycles. The third kappa shape index (κ3) is 2.98. The predicted molar refractivity (Wildman–Crippen MR) is 157 cm³/mol. The Kier molecular flexibility index (Phi) is 3.88. The van der Waals surface area contributed by atoms with E-state index < -0.39 is 0 Å². The van der Waals surface area contributed by atoms with E-state index in [9.17, 15) is 0 Å². The van der Waals surface area contributed by atoms with Gasteiger partial charge in [0.2, 0.25) is 0 Å². The van der Waals surface area contributed by atoms with Crippen LogP contribution in [0.2, 0.25) is 0 Å². The molecule has 0 aliphatic rings. The lowest BCUT2D eigenvalue weighted by Crippen LogP contribution is -1.91. The zero-order chi connectivity index (χ0) is 26.1. The summed E-state index contributed by atoms with van der Waals surface area (Å²) in [6.45, 7) is 0. The molecular formula is C36H22O. The van der Waals surface area contributed by atoms with Crippen LogP contribution in [0.15, 0.2) is 138 Å². The van der Waals surface area contributed by atoms with E-state index in [-0.39, 0.29) is 0 Å². The Hall–Kier alpha value is -4.88. The summed E-state index contributed by atoms with van der Waals surface area (Å²) in [7, 11) is 0. The number of hydrogen-bond donors (Lipinski definition) is 0. The van der Waals surface area contributed by atoms with Gasteiger partial charge in [0, 0.05) is 10.8 Å². The minimum Gasteiger partial charge on any atom is -0.456 e. The molecule has 172 valence electrons. The summed E-state index contributed by atoms with van der Waals surface area (Å²) in [6.07, 6.45) is 0. The molecule has 0 saturated carbocycles. The van der Waals surface area contributed by atoms with E-state index in [1.165, 1.54) is 32.7 Å². The zero-order valence-electron chi connectivity index (χ0n) is 22.0. The largest absolute Gasteiger partial charge is 0.456 e. The van der Waals surface area contributed by atoms with Gasteiger partial charge in [-0.3, -0.25) is 0 Å². The van der Waals surface area contributed by atoms with Crippen molar-refractivity contribution < 1.29 is 7.16 Å². The van der Waals surface area contributed by atoms with Crippen molar-refractivity contribution in [1.29, 1.82) is 0 Å². The van der Waals surface area contributed by atoms with E-state index in [0.717, 1.165) is 38.3 Å². The summed E-state index contributed by atoms with van der Waals surface area (Å²) < 4.78 is 22.6. The highest BCUT2D eigenvalue weighted by molar-refractivity contribution is 6.25. The van der Waals surface area contributed by atoms with Gasteiger partial charge in [0.05, 0.1) is 2.74 Å². The number of furan rings is 1.